The summed E-state index contributed by atoms with van der Waals surface area (Å²) in [7, 11) is -2.01. The average molecular weight is 612 g/mol. The highest BCUT2D eigenvalue weighted by Crippen LogP contribution is 2.32. The van der Waals surface area contributed by atoms with Crippen molar-refractivity contribution >= 4 is 64.8 Å². The first-order valence-corrected chi connectivity index (χ1v) is 15.5. The summed E-state index contributed by atoms with van der Waals surface area (Å²) in [6, 6.07) is 21.3. The van der Waals surface area contributed by atoms with Crippen LogP contribution in [0.3, 0.4) is 0 Å². The lowest BCUT2D eigenvalue weighted by Gasteiger charge is -2.30. The van der Waals surface area contributed by atoms with Gasteiger partial charge in [-0.2, -0.15) is 14.4 Å². The number of hydrazone groups is 1. The average Bonchev–Trinajstić information content (AvgIpc) is 3.36. The highest BCUT2D eigenvalue weighted by Gasteiger charge is 2.29. The molecule has 0 saturated heterocycles. The molecule has 1 amide bonds. The number of sulfonamides is 1. The minimum Gasteiger partial charge on any atom is -0.267 e. The SMILES string of the molecule is CN(C1CCCCC1)S(=O)(=O)c1ccc(C(=O)N(/N=C/c2ccccc2)c2nc3ccc(Br)cc3s2)cc1. The van der Waals surface area contributed by atoms with Gasteiger partial charge in [0.05, 0.1) is 21.3 Å². The van der Waals surface area contributed by atoms with E-state index in [1.165, 1.54) is 32.8 Å². The molecular formula is C28H27BrN4O3S2. The first kappa shape index (κ1) is 26.7. The second kappa shape index (κ2) is 11.4. The van der Waals surface area contributed by atoms with Gasteiger partial charge in [0.1, 0.15) is 0 Å². The molecule has 38 heavy (non-hydrogen) atoms. The van der Waals surface area contributed by atoms with Crippen molar-refractivity contribution < 1.29 is 13.2 Å². The Morgan fingerprint density at radius 1 is 1.03 bits per heavy atom. The fourth-order valence-corrected chi connectivity index (χ4v) is 7.42. The predicted molar refractivity (Wildman–Crippen MR) is 156 cm³/mol. The van der Waals surface area contributed by atoms with Crippen molar-refractivity contribution in [1.29, 1.82) is 0 Å². The highest BCUT2D eigenvalue weighted by atomic mass is 79.9. The Kier molecular flexibility index (Phi) is 8.04. The largest absolute Gasteiger partial charge is 0.280 e. The van der Waals surface area contributed by atoms with Gasteiger partial charge in [-0.05, 0) is 60.9 Å². The number of rotatable bonds is 7. The summed E-state index contributed by atoms with van der Waals surface area (Å²) in [4.78, 5) is 18.5. The van der Waals surface area contributed by atoms with E-state index in [1.807, 2.05) is 48.5 Å². The van der Waals surface area contributed by atoms with Gasteiger partial charge in [0.15, 0.2) is 0 Å². The van der Waals surface area contributed by atoms with E-state index in [0.29, 0.717) is 10.7 Å². The summed E-state index contributed by atoms with van der Waals surface area (Å²) >= 11 is 4.83. The van der Waals surface area contributed by atoms with E-state index < -0.39 is 15.9 Å². The van der Waals surface area contributed by atoms with Crippen LogP contribution in [0.2, 0.25) is 0 Å². The van der Waals surface area contributed by atoms with Crippen LogP contribution in [0.25, 0.3) is 10.2 Å². The highest BCUT2D eigenvalue weighted by molar-refractivity contribution is 9.10. The third-order valence-corrected chi connectivity index (χ3v) is 10.1. The summed E-state index contributed by atoms with van der Waals surface area (Å²) in [5, 5.41) is 6.17. The maximum Gasteiger partial charge on any atom is 0.280 e. The van der Waals surface area contributed by atoms with E-state index in [2.05, 4.69) is 26.0 Å². The van der Waals surface area contributed by atoms with Crippen LogP contribution in [0.1, 0.15) is 48.0 Å². The molecule has 0 unspecified atom stereocenters. The Hall–Kier alpha value is -2.92. The van der Waals surface area contributed by atoms with Gasteiger partial charge in [-0.25, -0.2) is 13.4 Å². The van der Waals surface area contributed by atoms with Crippen LogP contribution in [0, 0.1) is 0 Å². The monoisotopic (exact) mass is 610 g/mol. The molecule has 4 aromatic rings. The van der Waals surface area contributed by atoms with Gasteiger partial charge >= 0.3 is 0 Å². The fraction of sp³-hybridized carbons (Fsp3) is 0.250. The van der Waals surface area contributed by atoms with Crippen LogP contribution >= 0.6 is 27.3 Å². The van der Waals surface area contributed by atoms with E-state index in [1.54, 1.807) is 25.4 Å². The van der Waals surface area contributed by atoms with Crippen molar-refractivity contribution in [1.82, 2.24) is 9.29 Å². The van der Waals surface area contributed by atoms with E-state index in [-0.39, 0.29) is 10.9 Å². The van der Waals surface area contributed by atoms with E-state index in [4.69, 9.17) is 0 Å². The minimum atomic E-state index is -3.66. The van der Waals surface area contributed by atoms with Gasteiger partial charge in [-0.1, -0.05) is 76.9 Å². The number of benzene rings is 3. The number of anilines is 1. The van der Waals surface area contributed by atoms with Crippen LogP contribution in [-0.4, -0.2) is 42.9 Å². The van der Waals surface area contributed by atoms with Crippen LogP contribution in [0.15, 0.2) is 87.3 Å². The van der Waals surface area contributed by atoms with E-state index in [0.717, 1.165) is 52.4 Å². The lowest BCUT2D eigenvalue weighted by Crippen LogP contribution is -2.38. The molecule has 1 fully saturated rings. The van der Waals surface area contributed by atoms with Crippen LogP contribution in [-0.2, 0) is 10.0 Å². The number of carbonyl (C=O) groups is 1. The number of fused-ring (bicyclic) bond motifs is 1. The lowest BCUT2D eigenvalue weighted by atomic mass is 9.96. The van der Waals surface area contributed by atoms with E-state index in [9.17, 15) is 13.2 Å². The summed E-state index contributed by atoms with van der Waals surface area (Å²) < 4.78 is 29.8. The Morgan fingerprint density at radius 2 is 1.74 bits per heavy atom. The molecule has 0 aliphatic heterocycles. The number of halogens is 1. The number of thiazole rings is 1. The van der Waals surface area contributed by atoms with Crippen molar-refractivity contribution in [2.75, 3.05) is 12.1 Å². The first-order chi connectivity index (χ1) is 18.3. The topological polar surface area (TPSA) is 82.9 Å². The molecule has 0 bridgehead atoms. The molecule has 1 aromatic heterocycles. The van der Waals surface area contributed by atoms with Crippen molar-refractivity contribution in [3.63, 3.8) is 0 Å². The van der Waals surface area contributed by atoms with Gasteiger partial charge in [-0.15, -0.1) is 0 Å². The molecule has 1 saturated carbocycles. The number of hydrogen-bond donors (Lipinski definition) is 0. The number of nitrogens with zero attached hydrogens (tertiary/aromatic N) is 4. The second-order valence-electron chi connectivity index (χ2n) is 9.22. The van der Waals surface area contributed by atoms with Crippen LogP contribution < -0.4 is 5.01 Å². The number of aromatic nitrogens is 1. The predicted octanol–water partition coefficient (Wildman–Crippen LogP) is 6.69. The summed E-state index contributed by atoms with van der Waals surface area (Å²) in [6.45, 7) is 0. The third-order valence-electron chi connectivity index (χ3n) is 6.70. The van der Waals surface area contributed by atoms with Gasteiger partial charge in [-0.3, -0.25) is 4.79 Å². The van der Waals surface area contributed by atoms with Gasteiger partial charge in [0.2, 0.25) is 15.2 Å². The Balaban J connectivity index is 1.45. The van der Waals surface area contributed by atoms with Gasteiger partial charge in [0, 0.05) is 23.1 Å². The first-order valence-electron chi connectivity index (χ1n) is 12.4. The zero-order chi connectivity index (χ0) is 26.7. The Bertz CT molecular complexity index is 1560. The zero-order valence-corrected chi connectivity index (χ0v) is 24.0. The molecule has 3 aromatic carbocycles. The summed E-state index contributed by atoms with van der Waals surface area (Å²) in [5.74, 6) is -0.403. The molecule has 0 radical (unpaired) electrons. The van der Waals surface area contributed by atoms with Crippen molar-refractivity contribution in [2.24, 2.45) is 5.10 Å². The molecule has 0 atom stereocenters. The molecule has 1 heterocycles. The standard InChI is InChI=1S/C28H27BrN4O3S2/c1-32(23-10-6-3-7-11-23)38(35,36)24-15-12-21(13-16-24)27(34)33(30-19-20-8-4-2-5-9-20)28-31-25-17-14-22(29)18-26(25)37-28/h2,4-5,8-9,12-19,23H,3,6-7,10-11H2,1H3/b30-19+. The maximum absolute atomic E-state index is 13.7. The molecule has 0 N–H and O–H groups in total. The molecule has 1 aliphatic carbocycles. The zero-order valence-electron chi connectivity index (χ0n) is 20.8. The number of carbonyl (C=O) groups excluding carboxylic acids is 1. The smallest absolute Gasteiger partial charge is 0.267 e. The van der Waals surface area contributed by atoms with Crippen molar-refractivity contribution in [2.45, 2.75) is 43.0 Å². The quantitative estimate of drug-likeness (QED) is 0.172. The molecule has 5 rings (SSSR count). The Morgan fingerprint density at radius 3 is 2.45 bits per heavy atom. The molecule has 0 spiro atoms. The summed E-state index contributed by atoms with van der Waals surface area (Å²) in [6.07, 6.45) is 6.59. The maximum atomic E-state index is 13.7. The number of amides is 1. The molecular weight excluding hydrogens is 584 g/mol. The normalized spacial score (nSPS) is 14.9. The van der Waals surface area contributed by atoms with E-state index >= 15 is 0 Å². The van der Waals surface area contributed by atoms with Gasteiger partial charge in [0.25, 0.3) is 5.91 Å². The lowest BCUT2D eigenvalue weighted by molar-refractivity contribution is 0.0987. The third kappa shape index (κ3) is 5.73. The molecule has 1 aliphatic rings. The number of hydrogen-bond acceptors (Lipinski definition) is 6. The van der Waals surface area contributed by atoms with Crippen molar-refractivity contribution in [3.8, 4) is 0 Å². The van der Waals surface area contributed by atoms with Crippen molar-refractivity contribution in [3.05, 3.63) is 88.4 Å². The Labute approximate surface area is 235 Å². The molecule has 196 valence electrons. The van der Waals surface area contributed by atoms with Crippen LogP contribution in [0.5, 0.6) is 0 Å². The minimum absolute atomic E-state index is 0.0111. The fourth-order valence-electron chi connectivity index (χ4n) is 4.53. The van der Waals surface area contributed by atoms with Crippen LogP contribution in [0.4, 0.5) is 5.13 Å². The summed E-state index contributed by atoms with van der Waals surface area (Å²) in [5.41, 5.74) is 1.91. The molecule has 10 heteroatoms. The van der Waals surface area contributed by atoms with Gasteiger partial charge < -0.3 is 0 Å². The molecule has 7 nitrogen and oxygen atoms in total. The second-order valence-corrected chi connectivity index (χ2v) is 13.1.